The summed E-state index contributed by atoms with van der Waals surface area (Å²) in [6.07, 6.45) is 3.35. The van der Waals surface area contributed by atoms with Crippen LogP contribution in [0.2, 0.25) is 0 Å². The third-order valence-electron chi connectivity index (χ3n) is 3.95. The minimum absolute atomic E-state index is 0.0124. The zero-order chi connectivity index (χ0) is 14.6. The number of carbonyl (C=O) groups is 1. The zero-order valence-corrected chi connectivity index (χ0v) is 12.0. The second kappa shape index (κ2) is 5.96. The smallest absolute Gasteiger partial charge is 0.258 e. The molecule has 1 aromatic rings. The molecule has 0 aliphatic heterocycles. The Morgan fingerprint density at radius 3 is 2.70 bits per heavy atom. The van der Waals surface area contributed by atoms with Gasteiger partial charge < -0.3 is 10.1 Å². The lowest BCUT2D eigenvalue weighted by Gasteiger charge is -2.27. The molecule has 4 heteroatoms. The molecule has 1 aliphatic carbocycles. The van der Waals surface area contributed by atoms with E-state index in [1.165, 1.54) is 0 Å². The molecule has 0 bridgehead atoms. The predicted molar refractivity (Wildman–Crippen MR) is 76.2 cm³/mol. The summed E-state index contributed by atoms with van der Waals surface area (Å²) in [5.74, 6) is 0.513. The number of hydrogen-bond donors (Lipinski definition) is 1. The number of hydrogen-bond acceptors (Lipinski definition) is 3. The van der Waals surface area contributed by atoms with Crippen molar-refractivity contribution < 1.29 is 9.53 Å². The van der Waals surface area contributed by atoms with Crippen LogP contribution in [0, 0.1) is 16.7 Å². The molecular weight excluding hydrogens is 252 g/mol. The summed E-state index contributed by atoms with van der Waals surface area (Å²) in [5, 5.41) is 11.7. The first-order valence-electron chi connectivity index (χ1n) is 6.93. The van der Waals surface area contributed by atoms with Gasteiger partial charge in [0, 0.05) is 6.04 Å². The predicted octanol–water partition coefficient (Wildman–Crippen LogP) is 2.63. The molecule has 1 unspecified atom stereocenters. The van der Waals surface area contributed by atoms with Gasteiger partial charge in [0.15, 0.2) is 6.61 Å². The van der Waals surface area contributed by atoms with Crippen molar-refractivity contribution in [2.45, 2.75) is 39.2 Å². The van der Waals surface area contributed by atoms with Crippen molar-refractivity contribution in [1.29, 1.82) is 5.26 Å². The monoisotopic (exact) mass is 272 g/mol. The van der Waals surface area contributed by atoms with Gasteiger partial charge in [-0.2, -0.15) is 5.26 Å². The van der Waals surface area contributed by atoms with Gasteiger partial charge in [0.05, 0.1) is 11.6 Å². The Hall–Kier alpha value is -2.02. The van der Waals surface area contributed by atoms with Crippen LogP contribution in [0.25, 0.3) is 0 Å². The van der Waals surface area contributed by atoms with Crippen molar-refractivity contribution >= 4 is 5.91 Å². The molecule has 1 aliphatic rings. The van der Waals surface area contributed by atoms with Gasteiger partial charge in [0.25, 0.3) is 5.91 Å². The second-order valence-electron chi connectivity index (χ2n) is 5.93. The van der Waals surface area contributed by atoms with Crippen LogP contribution < -0.4 is 10.1 Å². The van der Waals surface area contributed by atoms with Gasteiger partial charge in [0.1, 0.15) is 5.75 Å². The minimum atomic E-state index is -0.0886. The molecule has 106 valence electrons. The first-order chi connectivity index (χ1) is 9.51. The Morgan fingerprint density at radius 2 is 2.15 bits per heavy atom. The lowest BCUT2D eigenvalue weighted by molar-refractivity contribution is -0.124. The Kier molecular flexibility index (Phi) is 4.29. The summed E-state index contributed by atoms with van der Waals surface area (Å²) in [7, 11) is 0. The summed E-state index contributed by atoms with van der Waals surface area (Å²) < 4.78 is 5.42. The summed E-state index contributed by atoms with van der Waals surface area (Å²) in [4.78, 5) is 11.9. The van der Waals surface area contributed by atoms with E-state index in [9.17, 15) is 4.79 Å². The quantitative estimate of drug-likeness (QED) is 0.916. The highest BCUT2D eigenvalue weighted by Crippen LogP contribution is 2.37. The van der Waals surface area contributed by atoms with E-state index in [1.54, 1.807) is 24.3 Å². The first-order valence-corrected chi connectivity index (χ1v) is 6.93. The van der Waals surface area contributed by atoms with Gasteiger partial charge >= 0.3 is 0 Å². The number of nitrogens with one attached hydrogen (secondary N) is 1. The normalized spacial score (nSPS) is 20.1. The van der Waals surface area contributed by atoms with Crippen LogP contribution >= 0.6 is 0 Å². The van der Waals surface area contributed by atoms with Crippen LogP contribution in [0.4, 0.5) is 0 Å². The maximum Gasteiger partial charge on any atom is 0.258 e. The Labute approximate surface area is 119 Å². The SMILES string of the molecule is CC1(C)CCCC1NC(=O)COc1ccc(C#N)cc1. The first kappa shape index (κ1) is 14.4. The van der Waals surface area contributed by atoms with Crippen LogP contribution in [-0.4, -0.2) is 18.6 Å². The summed E-state index contributed by atoms with van der Waals surface area (Å²) in [6.45, 7) is 4.39. The van der Waals surface area contributed by atoms with E-state index in [0.717, 1.165) is 19.3 Å². The number of rotatable bonds is 4. The highest BCUT2D eigenvalue weighted by Gasteiger charge is 2.35. The van der Waals surface area contributed by atoms with Crippen molar-refractivity contribution in [2.24, 2.45) is 5.41 Å². The van der Waals surface area contributed by atoms with Crippen molar-refractivity contribution in [2.75, 3.05) is 6.61 Å². The number of carbonyl (C=O) groups excluding carboxylic acids is 1. The summed E-state index contributed by atoms with van der Waals surface area (Å²) in [6, 6.07) is 9.02. The maximum absolute atomic E-state index is 11.9. The molecule has 2 rings (SSSR count). The zero-order valence-electron chi connectivity index (χ0n) is 12.0. The van der Waals surface area contributed by atoms with Crippen LogP contribution in [0.3, 0.4) is 0 Å². The van der Waals surface area contributed by atoms with Gasteiger partial charge in [-0.15, -0.1) is 0 Å². The van der Waals surface area contributed by atoms with Crippen LogP contribution in [-0.2, 0) is 4.79 Å². The van der Waals surface area contributed by atoms with Crippen molar-refractivity contribution in [3.8, 4) is 11.8 Å². The van der Waals surface area contributed by atoms with Crippen LogP contribution in [0.5, 0.6) is 5.75 Å². The van der Waals surface area contributed by atoms with Gasteiger partial charge in [0.2, 0.25) is 0 Å². The summed E-state index contributed by atoms with van der Waals surface area (Å²) in [5.41, 5.74) is 0.749. The Morgan fingerprint density at radius 1 is 1.45 bits per heavy atom. The molecule has 20 heavy (non-hydrogen) atoms. The Bertz CT molecular complexity index is 514. The molecule has 0 heterocycles. The molecule has 0 radical (unpaired) electrons. The molecular formula is C16H20N2O2. The molecule has 1 amide bonds. The largest absolute Gasteiger partial charge is 0.484 e. The fraction of sp³-hybridized carbons (Fsp3) is 0.500. The third kappa shape index (κ3) is 3.51. The molecule has 0 aromatic heterocycles. The van der Waals surface area contributed by atoms with Gasteiger partial charge in [-0.25, -0.2) is 0 Å². The average Bonchev–Trinajstić information content (AvgIpc) is 2.76. The van der Waals surface area contributed by atoms with E-state index in [1.807, 2.05) is 6.07 Å². The third-order valence-corrected chi connectivity index (χ3v) is 3.95. The average molecular weight is 272 g/mol. The number of nitrogens with zero attached hydrogens (tertiary/aromatic N) is 1. The van der Waals surface area contributed by atoms with Crippen molar-refractivity contribution in [3.63, 3.8) is 0 Å². The molecule has 1 fully saturated rings. The van der Waals surface area contributed by atoms with E-state index in [0.29, 0.717) is 11.3 Å². The van der Waals surface area contributed by atoms with Crippen molar-refractivity contribution in [3.05, 3.63) is 29.8 Å². The van der Waals surface area contributed by atoms with Crippen molar-refractivity contribution in [1.82, 2.24) is 5.32 Å². The van der Waals surface area contributed by atoms with E-state index in [2.05, 4.69) is 19.2 Å². The molecule has 1 atom stereocenters. The van der Waals surface area contributed by atoms with E-state index >= 15 is 0 Å². The standard InChI is InChI=1S/C16H20N2O2/c1-16(2)9-3-4-14(16)18-15(19)11-20-13-7-5-12(10-17)6-8-13/h5-8,14H,3-4,9,11H2,1-2H3,(H,18,19). The molecule has 1 N–H and O–H groups in total. The number of nitriles is 1. The molecule has 0 saturated heterocycles. The lowest BCUT2D eigenvalue weighted by Crippen LogP contribution is -2.43. The fourth-order valence-electron chi connectivity index (χ4n) is 2.60. The maximum atomic E-state index is 11.9. The molecule has 4 nitrogen and oxygen atoms in total. The van der Waals surface area contributed by atoms with Gasteiger partial charge in [-0.3, -0.25) is 4.79 Å². The number of amides is 1. The van der Waals surface area contributed by atoms with Crippen LogP contribution in [0.1, 0.15) is 38.7 Å². The minimum Gasteiger partial charge on any atom is -0.484 e. The summed E-state index contributed by atoms with van der Waals surface area (Å²) >= 11 is 0. The highest BCUT2D eigenvalue weighted by molar-refractivity contribution is 5.78. The number of ether oxygens (including phenoxy) is 1. The lowest BCUT2D eigenvalue weighted by atomic mass is 9.87. The van der Waals surface area contributed by atoms with Crippen LogP contribution in [0.15, 0.2) is 24.3 Å². The van der Waals surface area contributed by atoms with Gasteiger partial charge in [-0.05, 0) is 42.5 Å². The van der Waals surface area contributed by atoms with E-state index < -0.39 is 0 Å². The molecule has 0 spiro atoms. The fourth-order valence-corrected chi connectivity index (χ4v) is 2.60. The second-order valence-corrected chi connectivity index (χ2v) is 5.93. The Balaban J connectivity index is 1.81. The highest BCUT2D eigenvalue weighted by atomic mass is 16.5. The van der Waals surface area contributed by atoms with E-state index in [-0.39, 0.29) is 24.0 Å². The topological polar surface area (TPSA) is 62.1 Å². The van der Waals surface area contributed by atoms with E-state index in [4.69, 9.17) is 10.00 Å². The molecule has 1 saturated carbocycles. The van der Waals surface area contributed by atoms with Gasteiger partial charge in [-0.1, -0.05) is 20.3 Å². The molecule has 1 aromatic carbocycles. The number of benzene rings is 1.